The number of anilines is 1. The molecule has 0 heterocycles. The first-order valence-corrected chi connectivity index (χ1v) is 7.42. The van der Waals surface area contributed by atoms with Crippen molar-refractivity contribution in [2.45, 2.75) is 53.0 Å². The van der Waals surface area contributed by atoms with Gasteiger partial charge in [0.2, 0.25) is 0 Å². The average Bonchev–Trinajstić information content (AvgIpc) is 2.35. The summed E-state index contributed by atoms with van der Waals surface area (Å²) in [5, 5.41) is 14.7. The Balaban J connectivity index is 2.28. The maximum atomic E-state index is 11.1. The smallest absolute Gasteiger partial charge is 0.274 e. The Labute approximate surface area is 120 Å². The Morgan fingerprint density at radius 3 is 2.30 bits per heavy atom. The fraction of sp³-hybridized carbons (Fsp3) is 0.625. The highest BCUT2D eigenvalue weighted by atomic mass is 16.6. The lowest BCUT2D eigenvalue weighted by Crippen LogP contribution is -2.37. The fourth-order valence-corrected chi connectivity index (χ4v) is 3.34. The summed E-state index contributed by atoms with van der Waals surface area (Å²) in [6, 6.07) is 4.00. The van der Waals surface area contributed by atoms with Crippen molar-refractivity contribution in [3.05, 3.63) is 33.4 Å². The fourth-order valence-electron chi connectivity index (χ4n) is 3.34. The first kappa shape index (κ1) is 14.8. The van der Waals surface area contributed by atoms with Gasteiger partial charge in [-0.25, -0.2) is 0 Å². The molecular weight excluding hydrogens is 252 g/mol. The highest BCUT2D eigenvalue weighted by Crippen LogP contribution is 2.33. The number of nitrogens with one attached hydrogen (secondary N) is 1. The SMILES string of the molecule is Cc1cc(C)c([N+](=O)[O-])cc1NC1C(C)CCCC1C. The van der Waals surface area contributed by atoms with E-state index in [2.05, 4.69) is 19.2 Å². The van der Waals surface area contributed by atoms with Crippen LogP contribution in [0.5, 0.6) is 0 Å². The van der Waals surface area contributed by atoms with Gasteiger partial charge >= 0.3 is 0 Å². The van der Waals surface area contributed by atoms with Crippen molar-refractivity contribution in [3.63, 3.8) is 0 Å². The minimum atomic E-state index is -0.298. The van der Waals surface area contributed by atoms with Gasteiger partial charge in [0.05, 0.1) is 4.92 Å². The Hall–Kier alpha value is -1.58. The van der Waals surface area contributed by atoms with Crippen LogP contribution in [0.4, 0.5) is 11.4 Å². The largest absolute Gasteiger partial charge is 0.381 e. The summed E-state index contributed by atoms with van der Waals surface area (Å²) in [4.78, 5) is 10.8. The molecule has 0 spiro atoms. The second kappa shape index (κ2) is 5.81. The van der Waals surface area contributed by atoms with Gasteiger partial charge in [0.25, 0.3) is 5.69 Å². The molecule has 2 unspecified atom stereocenters. The molecule has 0 saturated heterocycles. The van der Waals surface area contributed by atoms with Crippen molar-refractivity contribution in [2.24, 2.45) is 11.8 Å². The molecule has 2 atom stereocenters. The van der Waals surface area contributed by atoms with Gasteiger partial charge in [-0.1, -0.05) is 20.3 Å². The maximum absolute atomic E-state index is 11.1. The van der Waals surface area contributed by atoms with Crippen LogP contribution >= 0.6 is 0 Å². The topological polar surface area (TPSA) is 55.2 Å². The Bertz CT molecular complexity index is 503. The lowest BCUT2D eigenvalue weighted by molar-refractivity contribution is -0.385. The molecule has 1 aliphatic carbocycles. The highest BCUT2D eigenvalue weighted by molar-refractivity contribution is 5.60. The quantitative estimate of drug-likeness (QED) is 0.655. The second-order valence-electron chi connectivity index (χ2n) is 6.27. The van der Waals surface area contributed by atoms with E-state index in [0.717, 1.165) is 16.8 Å². The summed E-state index contributed by atoms with van der Waals surface area (Å²) >= 11 is 0. The molecule has 1 saturated carbocycles. The second-order valence-corrected chi connectivity index (χ2v) is 6.27. The van der Waals surface area contributed by atoms with E-state index in [1.165, 1.54) is 19.3 Å². The number of rotatable bonds is 3. The number of benzene rings is 1. The van der Waals surface area contributed by atoms with Crippen LogP contribution in [-0.2, 0) is 0 Å². The monoisotopic (exact) mass is 276 g/mol. The molecule has 1 aliphatic rings. The highest BCUT2D eigenvalue weighted by Gasteiger charge is 2.28. The summed E-state index contributed by atoms with van der Waals surface area (Å²) in [6.45, 7) is 8.34. The number of nitro groups is 1. The molecule has 0 amide bonds. The molecule has 20 heavy (non-hydrogen) atoms. The average molecular weight is 276 g/mol. The predicted octanol–water partition coefficient (Wildman–Crippen LogP) is 4.45. The van der Waals surface area contributed by atoms with E-state index in [0.29, 0.717) is 17.9 Å². The zero-order valence-electron chi connectivity index (χ0n) is 12.8. The van der Waals surface area contributed by atoms with Gasteiger partial charge in [0, 0.05) is 23.4 Å². The Kier molecular flexibility index (Phi) is 4.31. The minimum Gasteiger partial charge on any atom is -0.381 e. The molecule has 1 N–H and O–H groups in total. The first-order valence-electron chi connectivity index (χ1n) is 7.42. The van der Waals surface area contributed by atoms with Crippen molar-refractivity contribution in [2.75, 3.05) is 5.32 Å². The molecular formula is C16H24N2O2. The van der Waals surface area contributed by atoms with Gasteiger partial charge < -0.3 is 5.32 Å². The molecule has 0 aliphatic heterocycles. The van der Waals surface area contributed by atoms with Gasteiger partial charge in [-0.05, 0) is 50.2 Å². The third kappa shape index (κ3) is 2.94. The van der Waals surface area contributed by atoms with E-state index in [1.807, 2.05) is 13.0 Å². The summed E-state index contributed by atoms with van der Waals surface area (Å²) in [5.74, 6) is 1.22. The summed E-state index contributed by atoms with van der Waals surface area (Å²) in [7, 11) is 0. The molecule has 0 radical (unpaired) electrons. The molecule has 2 rings (SSSR count). The molecule has 4 heteroatoms. The minimum absolute atomic E-state index is 0.203. The van der Waals surface area contributed by atoms with Gasteiger partial charge in [-0.2, -0.15) is 0 Å². The first-order chi connectivity index (χ1) is 9.40. The molecule has 0 aromatic heterocycles. The molecule has 0 bridgehead atoms. The summed E-state index contributed by atoms with van der Waals surface area (Å²) in [6.07, 6.45) is 3.75. The summed E-state index contributed by atoms with van der Waals surface area (Å²) in [5.41, 5.74) is 2.92. The standard InChI is InChI=1S/C16H24N2O2/c1-10-6-5-7-11(2)16(10)17-14-9-15(18(19)20)13(4)8-12(14)3/h8-11,16-17H,5-7H2,1-4H3. The Morgan fingerprint density at radius 1 is 1.15 bits per heavy atom. The number of aryl methyl sites for hydroxylation is 2. The van der Waals surface area contributed by atoms with Crippen LogP contribution in [-0.4, -0.2) is 11.0 Å². The van der Waals surface area contributed by atoms with Gasteiger partial charge in [0.15, 0.2) is 0 Å². The van der Waals surface area contributed by atoms with Crippen LogP contribution in [0.25, 0.3) is 0 Å². The molecule has 1 aromatic carbocycles. The number of nitro benzene ring substituents is 1. The van der Waals surface area contributed by atoms with Crippen molar-refractivity contribution in [3.8, 4) is 0 Å². The number of hydrogen-bond acceptors (Lipinski definition) is 3. The molecule has 1 aromatic rings. The maximum Gasteiger partial charge on any atom is 0.274 e. The van der Waals surface area contributed by atoms with Crippen molar-refractivity contribution in [1.82, 2.24) is 0 Å². The normalized spacial score (nSPS) is 26.3. The van der Waals surface area contributed by atoms with Crippen LogP contribution < -0.4 is 5.32 Å². The predicted molar refractivity (Wildman–Crippen MR) is 82.2 cm³/mol. The van der Waals surface area contributed by atoms with E-state index in [4.69, 9.17) is 0 Å². The summed E-state index contributed by atoms with van der Waals surface area (Å²) < 4.78 is 0. The third-order valence-corrected chi connectivity index (χ3v) is 4.61. The zero-order chi connectivity index (χ0) is 14.9. The van der Waals surface area contributed by atoms with Gasteiger partial charge in [-0.15, -0.1) is 0 Å². The van der Waals surface area contributed by atoms with Crippen molar-refractivity contribution < 1.29 is 4.92 Å². The number of nitrogens with zero attached hydrogens (tertiary/aromatic N) is 1. The van der Waals surface area contributed by atoms with E-state index < -0.39 is 0 Å². The van der Waals surface area contributed by atoms with E-state index in [-0.39, 0.29) is 10.6 Å². The van der Waals surface area contributed by atoms with Gasteiger partial charge in [-0.3, -0.25) is 10.1 Å². The molecule has 4 nitrogen and oxygen atoms in total. The van der Waals surface area contributed by atoms with Crippen LogP contribution in [0.2, 0.25) is 0 Å². The Morgan fingerprint density at radius 2 is 1.75 bits per heavy atom. The molecule has 1 fully saturated rings. The van der Waals surface area contributed by atoms with Crippen LogP contribution in [0.1, 0.15) is 44.2 Å². The number of hydrogen-bond donors (Lipinski definition) is 1. The lowest BCUT2D eigenvalue weighted by Gasteiger charge is -2.36. The van der Waals surface area contributed by atoms with Gasteiger partial charge in [0.1, 0.15) is 0 Å². The molecule has 110 valence electrons. The van der Waals surface area contributed by atoms with Crippen LogP contribution in [0.15, 0.2) is 12.1 Å². The third-order valence-electron chi connectivity index (χ3n) is 4.61. The van der Waals surface area contributed by atoms with Crippen molar-refractivity contribution in [1.29, 1.82) is 0 Å². The van der Waals surface area contributed by atoms with E-state index in [1.54, 1.807) is 13.0 Å². The zero-order valence-corrected chi connectivity index (χ0v) is 12.8. The lowest BCUT2D eigenvalue weighted by atomic mass is 9.78. The van der Waals surface area contributed by atoms with Crippen LogP contribution in [0.3, 0.4) is 0 Å². The van der Waals surface area contributed by atoms with E-state index in [9.17, 15) is 10.1 Å². The van der Waals surface area contributed by atoms with Crippen molar-refractivity contribution >= 4 is 11.4 Å². The van der Waals surface area contributed by atoms with E-state index >= 15 is 0 Å². The van der Waals surface area contributed by atoms with Crippen LogP contribution in [0, 0.1) is 35.8 Å².